The first-order chi connectivity index (χ1) is 6.36. The number of aromatic nitrogens is 2. The van der Waals surface area contributed by atoms with E-state index in [9.17, 15) is 4.79 Å². The number of hydrogen-bond acceptors (Lipinski definition) is 4. The van der Waals surface area contributed by atoms with Gasteiger partial charge in [0, 0.05) is 12.3 Å². The predicted molar refractivity (Wildman–Crippen MR) is 49.0 cm³/mol. The smallest absolute Gasteiger partial charge is 0.265 e. The Labute approximate surface area is 77.6 Å². The van der Waals surface area contributed by atoms with Gasteiger partial charge in [-0.2, -0.15) is 4.98 Å². The molecule has 0 bridgehead atoms. The molecule has 0 saturated carbocycles. The van der Waals surface area contributed by atoms with Crippen LogP contribution in [0.5, 0.6) is 0 Å². The Bertz CT molecular complexity index is 528. The molecule has 0 saturated heterocycles. The Morgan fingerprint density at radius 3 is 3.46 bits per heavy atom. The topological polar surface area (TPSA) is 48.0 Å². The lowest BCUT2D eigenvalue weighted by Crippen LogP contribution is -2.19. The zero-order valence-corrected chi connectivity index (χ0v) is 7.50. The SMILES string of the molecule is O=c1c2ccoc2nc2n1CCS2. The summed E-state index contributed by atoms with van der Waals surface area (Å²) in [6.07, 6.45) is 1.50. The molecule has 0 fully saturated rings. The van der Waals surface area contributed by atoms with Crippen LogP contribution < -0.4 is 5.56 Å². The van der Waals surface area contributed by atoms with E-state index >= 15 is 0 Å². The number of thioether (sulfide) groups is 1. The summed E-state index contributed by atoms with van der Waals surface area (Å²) in [5.41, 5.74) is 0.462. The number of furan rings is 1. The molecule has 2 aromatic heterocycles. The van der Waals surface area contributed by atoms with Gasteiger partial charge in [0.05, 0.1) is 6.26 Å². The van der Waals surface area contributed by atoms with E-state index in [1.165, 1.54) is 6.26 Å². The lowest BCUT2D eigenvalue weighted by atomic mass is 10.4. The van der Waals surface area contributed by atoms with Gasteiger partial charge in [0.1, 0.15) is 5.39 Å². The van der Waals surface area contributed by atoms with E-state index in [2.05, 4.69) is 4.98 Å². The van der Waals surface area contributed by atoms with Crippen LogP contribution in [-0.4, -0.2) is 15.3 Å². The van der Waals surface area contributed by atoms with Crippen LogP contribution in [0.4, 0.5) is 0 Å². The maximum Gasteiger partial charge on any atom is 0.265 e. The first kappa shape index (κ1) is 7.20. The first-order valence-electron chi connectivity index (χ1n) is 3.97. The molecule has 66 valence electrons. The first-order valence-corrected chi connectivity index (χ1v) is 4.96. The molecule has 4 nitrogen and oxygen atoms in total. The van der Waals surface area contributed by atoms with Crippen molar-refractivity contribution in [2.75, 3.05) is 5.75 Å². The maximum absolute atomic E-state index is 11.7. The van der Waals surface area contributed by atoms with Crippen molar-refractivity contribution < 1.29 is 4.42 Å². The van der Waals surface area contributed by atoms with Gasteiger partial charge in [0.15, 0.2) is 5.16 Å². The van der Waals surface area contributed by atoms with Crippen LogP contribution in [-0.2, 0) is 6.54 Å². The van der Waals surface area contributed by atoms with Crippen LogP contribution in [0.15, 0.2) is 26.7 Å². The van der Waals surface area contributed by atoms with E-state index in [1.54, 1.807) is 22.4 Å². The summed E-state index contributed by atoms with van der Waals surface area (Å²) >= 11 is 1.59. The van der Waals surface area contributed by atoms with Crippen molar-refractivity contribution in [3.63, 3.8) is 0 Å². The zero-order valence-electron chi connectivity index (χ0n) is 6.69. The van der Waals surface area contributed by atoms with Gasteiger partial charge in [0.2, 0.25) is 5.71 Å². The zero-order chi connectivity index (χ0) is 8.84. The fourth-order valence-corrected chi connectivity index (χ4v) is 2.40. The predicted octanol–water partition coefficient (Wildman–Crippen LogP) is 1.10. The molecule has 3 heterocycles. The minimum atomic E-state index is 0.0127. The second kappa shape index (κ2) is 2.38. The van der Waals surface area contributed by atoms with Gasteiger partial charge in [0.25, 0.3) is 5.56 Å². The highest BCUT2D eigenvalue weighted by molar-refractivity contribution is 7.99. The van der Waals surface area contributed by atoms with Crippen molar-refractivity contribution in [2.24, 2.45) is 0 Å². The number of nitrogens with zero attached hydrogens (tertiary/aromatic N) is 2. The Morgan fingerprint density at radius 1 is 1.62 bits per heavy atom. The van der Waals surface area contributed by atoms with Crippen molar-refractivity contribution in [1.82, 2.24) is 9.55 Å². The third kappa shape index (κ3) is 0.875. The molecule has 0 aromatic carbocycles. The normalized spacial score (nSPS) is 15.1. The van der Waals surface area contributed by atoms with Crippen LogP contribution >= 0.6 is 11.8 Å². The minimum Gasteiger partial charge on any atom is -0.446 e. The summed E-state index contributed by atoms with van der Waals surface area (Å²) in [7, 11) is 0. The second-order valence-corrected chi connectivity index (χ2v) is 3.90. The monoisotopic (exact) mass is 194 g/mol. The number of rotatable bonds is 0. The summed E-state index contributed by atoms with van der Waals surface area (Å²) in [5.74, 6) is 0.925. The molecule has 0 amide bonds. The molecule has 0 radical (unpaired) electrons. The van der Waals surface area contributed by atoms with Crippen molar-refractivity contribution in [1.29, 1.82) is 0 Å². The molecule has 3 rings (SSSR count). The van der Waals surface area contributed by atoms with Gasteiger partial charge < -0.3 is 4.42 Å². The Morgan fingerprint density at radius 2 is 2.54 bits per heavy atom. The van der Waals surface area contributed by atoms with Crippen LogP contribution in [0.1, 0.15) is 0 Å². The Balaban J connectivity index is 2.53. The van der Waals surface area contributed by atoms with E-state index in [0.717, 1.165) is 17.5 Å². The Hall–Kier alpha value is -1.23. The Kier molecular flexibility index (Phi) is 1.32. The third-order valence-corrected chi connectivity index (χ3v) is 3.05. The largest absolute Gasteiger partial charge is 0.446 e. The molecular weight excluding hydrogens is 188 g/mol. The van der Waals surface area contributed by atoms with E-state index in [4.69, 9.17) is 4.42 Å². The summed E-state index contributed by atoms with van der Waals surface area (Å²) < 4.78 is 6.78. The molecule has 0 unspecified atom stereocenters. The summed E-state index contributed by atoms with van der Waals surface area (Å²) in [5, 5.41) is 1.35. The van der Waals surface area contributed by atoms with Crippen molar-refractivity contribution in [3.05, 3.63) is 22.7 Å². The molecule has 5 heteroatoms. The van der Waals surface area contributed by atoms with Gasteiger partial charge in [-0.15, -0.1) is 0 Å². The van der Waals surface area contributed by atoms with Crippen molar-refractivity contribution >= 4 is 22.9 Å². The maximum atomic E-state index is 11.7. The highest BCUT2D eigenvalue weighted by Crippen LogP contribution is 2.23. The lowest BCUT2D eigenvalue weighted by Gasteiger charge is -1.98. The fraction of sp³-hybridized carbons (Fsp3) is 0.250. The molecular formula is C8H6N2O2S. The minimum absolute atomic E-state index is 0.0127. The summed E-state index contributed by atoms with van der Waals surface area (Å²) in [6, 6.07) is 1.67. The van der Waals surface area contributed by atoms with E-state index in [-0.39, 0.29) is 5.56 Å². The quantitative estimate of drug-likeness (QED) is 0.589. The molecule has 1 aliphatic rings. The van der Waals surface area contributed by atoms with Crippen molar-refractivity contribution in [2.45, 2.75) is 11.7 Å². The van der Waals surface area contributed by atoms with Crippen LogP contribution in [0, 0.1) is 0 Å². The molecule has 0 N–H and O–H groups in total. The molecule has 0 aliphatic carbocycles. The molecule has 0 atom stereocenters. The van der Waals surface area contributed by atoms with Crippen molar-refractivity contribution in [3.8, 4) is 0 Å². The van der Waals surface area contributed by atoms with E-state index in [0.29, 0.717) is 11.1 Å². The second-order valence-electron chi connectivity index (χ2n) is 2.84. The molecule has 0 spiro atoms. The average molecular weight is 194 g/mol. The summed E-state index contributed by atoms with van der Waals surface area (Å²) in [4.78, 5) is 16.0. The standard InChI is InChI=1S/C8H6N2O2S/c11-7-5-1-3-12-6(5)9-8-10(7)2-4-13-8/h1,3H,2,4H2. The van der Waals surface area contributed by atoms with E-state index in [1.807, 2.05) is 0 Å². The van der Waals surface area contributed by atoms with Gasteiger partial charge in [-0.25, -0.2) is 0 Å². The number of fused-ring (bicyclic) bond motifs is 2. The van der Waals surface area contributed by atoms with Gasteiger partial charge in [-0.05, 0) is 6.07 Å². The van der Waals surface area contributed by atoms with Crippen LogP contribution in [0.3, 0.4) is 0 Å². The number of hydrogen-bond donors (Lipinski definition) is 0. The highest BCUT2D eigenvalue weighted by atomic mass is 32.2. The molecule has 1 aliphatic heterocycles. The van der Waals surface area contributed by atoms with E-state index < -0.39 is 0 Å². The third-order valence-electron chi connectivity index (χ3n) is 2.09. The van der Waals surface area contributed by atoms with Gasteiger partial charge in [-0.3, -0.25) is 9.36 Å². The van der Waals surface area contributed by atoms with Gasteiger partial charge >= 0.3 is 0 Å². The average Bonchev–Trinajstić information content (AvgIpc) is 2.71. The molecule has 2 aromatic rings. The highest BCUT2D eigenvalue weighted by Gasteiger charge is 2.17. The molecule has 13 heavy (non-hydrogen) atoms. The van der Waals surface area contributed by atoms with Crippen LogP contribution in [0.25, 0.3) is 11.1 Å². The van der Waals surface area contributed by atoms with Crippen LogP contribution in [0.2, 0.25) is 0 Å². The lowest BCUT2D eigenvalue weighted by molar-refractivity contribution is 0.583. The van der Waals surface area contributed by atoms with Gasteiger partial charge in [-0.1, -0.05) is 11.8 Å². The summed E-state index contributed by atoms with van der Waals surface area (Å²) in [6.45, 7) is 0.757. The fourth-order valence-electron chi connectivity index (χ4n) is 1.47.